The van der Waals surface area contributed by atoms with E-state index in [1.54, 1.807) is 42.5 Å². The smallest absolute Gasteiger partial charge is 0.422 e. The van der Waals surface area contributed by atoms with Crippen LogP contribution < -0.4 is 20.1 Å². The van der Waals surface area contributed by atoms with Crippen LogP contribution in [0.3, 0.4) is 0 Å². The molecule has 2 aromatic carbocycles. The molecule has 0 saturated carbocycles. The number of hydrogen-bond acceptors (Lipinski definition) is 10. The lowest BCUT2D eigenvalue weighted by Crippen LogP contribution is -2.52. The summed E-state index contributed by atoms with van der Waals surface area (Å²) in [5, 5.41) is 6.21. The standard InChI is InChI=1S/C34H39ClF3N7O6/c1-33(2)19-40-28(46)24-7-4-22(5-8-24)17-27-41-31(43-32(42-27)51-21-34(36,37)38)39-18-23-6-9-26(25(35)16-23)50-13-3-10-45(20-33)30(48)29(47)44-11-14-49-15-12-44/h4-9,16H,3,10-15,17-21H2,1-2H3,(H,40,46)(H,39,41,42,43). The molecule has 8 rings (SSSR count). The molecule has 3 aromatic rings. The normalized spacial score (nSPS) is 17.5. The fourth-order valence-electron chi connectivity index (χ4n) is 5.40. The lowest BCUT2D eigenvalue weighted by Gasteiger charge is -2.34. The van der Waals surface area contributed by atoms with Crippen LogP contribution in [0.2, 0.25) is 5.02 Å². The van der Waals surface area contributed by atoms with E-state index in [0.717, 1.165) is 0 Å². The number of hydrogen-bond donors (Lipinski definition) is 2. The molecule has 0 atom stereocenters. The first-order valence-corrected chi connectivity index (χ1v) is 16.8. The molecule has 2 N–H and O–H groups in total. The Kier molecular flexibility index (Phi) is 12.2. The Hall–Kier alpha value is -4.70. The van der Waals surface area contributed by atoms with Crippen molar-refractivity contribution in [1.82, 2.24) is 30.1 Å². The van der Waals surface area contributed by atoms with Gasteiger partial charge in [0.1, 0.15) is 11.6 Å². The molecule has 0 radical (unpaired) electrons. The van der Waals surface area contributed by atoms with Gasteiger partial charge >= 0.3 is 24.0 Å². The molecule has 13 nitrogen and oxygen atoms in total. The summed E-state index contributed by atoms with van der Waals surface area (Å²) < 4.78 is 54.8. The van der Waals surface area contributed by atoms with Crippen molar-refractivity contribution < 1.29 is 41.8 Å². The number of nitrogens with one attached hydrogen (secondary N) is 2. The van der Waals surface area contributed by atoms with Crippen molar-refractivity contribution in [2.24, 2.45) is 5.41 Å². The summed E-state index contributed by atoms with van der Waals surface area (Å²) in [5.41, 5.74) is 1.13. The maximum Gasteiger partial charge on any atom is 0.422 e. The minimum absolute atomic E-state index is 0.00658. The molecule has 0 aliphatic carbocycles. The largest absolute Gasteiger partial charge is 0.492 e. The van der Waals surface area contributed by atoms with Gasteiger partial charge in [0, 0.05) is 51.3 Å². The van der Waals surface area contributed by atoms with Gasteiger partial charge in [-0.15, -0.1) is 0 Å². The van der Waals surface area contributed by atoms with Crippen LogP contribution in [0.25, 0.3) is 0 Å². The van der Waals surface area contributed by atoms with Gasteiger partial charge in [0.05, 0.1) is 24.8 Å². The van der Waals surface area contributed by atoms with E-state index in [-0.39, 0.29) is 56.9 Å². The summed E-state index contributed by atoms with van der Waals surface area (Å²) in [6.45, 7) is 4.54. The van der Waals surface area contributed by atoms with Gasteiger partial charge in [-0.2, -0.15) is 28.1 Å². The third-order valence-electron chi connectivity index (χ3n) is 8.00. The Morgan fingerprint density at radius 3 is 2.35 bits per heavy atom. The molecule has 5 aliphatic heterocycles. The van der Waals surface area contributed by atoms with Gasteiger partial charge in [-0.1, -0.05) is 43.6 Å². The third kappa shape index (κ3) is 11.1. The van der Waals surface area contributed by atoms with E-state index >= 15 is 0 Å². The predicted molar refractivity (Wildman–Crippen MR) is 180 cm³/mol. The fraction of sp³-hybridized carbons (Fsp3) is 0.471. The zero-order valence-electron chi connectivity index (χ0n) is 28.2. The molecule has 51 heavy (non-hydrogen) atoms. The zero-order chi connectivity index (χ0) is 36.6. The number of anilines is 1. The first kappa shape index (κ1) is 37.6. The molecule has 274 valence electrons. The molecular formula is C34H39ClF3N7O6. The highest BCUT2D eigenvalue weighted by molar-refractivity contribution is 6.35. The van der Waals surface area contributed by atoms with E-state index in [9.17, 15) is 27.6 Å². The molecule has 5 aliphatic rings. The molecular weight excluding hydrogens is 695 g/mol. The first-order valence-electron chi connectivity index (χ1n) is 16.4. The lowest BCUT2D eigenvalue weighted by molar-refractivity contribution is -0.154. The molecule has 1 aromatic heterocycles. The summed E-state index contributed by atoms with van der Waals surface area (Å²) in [6, 6.07) is 11.2. The summed E-state index contributed by atoms with van der Waals surface area (Å²) >= 11 is 6.51. The fourth-order valence-corrected chi connectivity index (χ4v) is 5.66. The van der Waals surface area contributed by atoms with Gasteiger partial charge in [0.2, 0.25) is 5.95 Å². The highest BCUT2D eigenvalue weighted by atomic mass is 35.5. The molecule has 0 spiro atoms. The Morgan fingerprint density at radius 2 is 1.65 bits per heavy atom. The monoisotopic (exact) mass is 733 g/mol. The van der Waals surface area contributed by atoms with Crippen LogP contribution in [0.1, 0.15) is 47.6 Å². The van der Waals surface area contributed by atoms with Gasteiger partial charge in [-0.25, -0.2) is 0 Å². The number of carbonyl (C=O) groups excluding carboxylic acids is 3. The van der Waals surface area contributed by atoms with Crippen molar-refractivity contribution in [3.05, 3.63) is 70.0 Å². The van der Waals surface area contributed by atoms with Crippen molar-refractivity contribution in [1.29, 1.82) is 0 Å². The second-order valence-corrected chi connectivity index (χ2v) is 13.3. The minimum atomic E-state index is -4.59. The molecule has 17 heteroatoms. The van der Waals surface area contributed by atoms with E-state index in [1.807, 2.05) is 13.8 Å². The number of ether oxygens (including phenoxy) is 3. The van der Waals surface area contributed by atoms with Gasteiger partial charge in [0.15, 0.2) is 6.61 Å². The second-order valence-electron chi connectivity index (χ2n) is 12.9. The molecule has 1 fully saturated rings. The summed E-state index contributed by atoms with van der Waals surface area (Å²) in [6.07, 6.45) is -4.10. The maximum absolute atomic E-state index is 13.5. The second kappa shape index (κ2) is 16.5. The Labute approximate surface area is 297 Å². The van der Waals surface area contributed by atoms with Crippen LogP contribution in [0, 0.1) is 5.41 Å². The number of alkyl halides is 3. The van der Waals surface area contributed by atoms with Crippen molar-refractivity contribution in [3.8, 4) is 11.8 Å². The summed E-state index contributed by atoms with van der Waals surface area (Å²) in [4.78, 5) is 55.2. The molecule has 3 amide bonds. The average molecular weight is 734 g/mol. The summed E-state index contributed by atoms with van der Waals surface area (Å²) in [7, 11) is 0. The Bertz CT molecular complexity index is 1700. The van der Waals surface area contributed by atoms with Crippen molar-refractivity contribution in [3.63, 3.8) is 0 Å². The quantitative estimate of drug-likeness (QED) is 0.372. The average Bonchev–Trinajstić information content (AvgIpc) is 3.10. The van der Waals surface area contributed by atoms with Crippen molar-refractivity contribution in [2.45, 2.75) is 39.4 Å². The minimum Gasteiger partial charge on any atom is -0.492 e. The van der Waals surface area contributed by atoms with Crippen LogP contribution in [0.5, 0.6) is 11.8 Å². The maximum atomic E-state index is 13.5. The Balaban J connectivity index is 1.38. The number of aromatic nitrogens is 3. The van der Waals surface area contributed by atoms with E-state index in [4.69, 9.17) is 25.8 Å². The van der Waals surface area contributed by atoms with Gasteiger partial charge in [0.25, 0.3) is 5.91 Å². The van der Waals surface area contributed by atoms with Crippen LogP contribution in [-0.4, -0.2) is 108 Å². The third-order valence-corrected chi connectivity index (χ3v) is 8.29. The molecule has 0 unspecified atom stereocenters. The number of rotatable bonds is 2. The number of halogens is 4. The number of morpholine rings is 1. The number of benzene rings is 2. The highest BCUT2D eigenvalue weighted by Crippen LogP contribution is 2.27. The van der Waals surface area contributed by atoms with Crippen molar-refractivity contribution in [2.75, 3.05) is 64.5 Å². The van der Waals surface area contributed by atoms with Crippen LogP contribution in [-0.2, 0) is 27.3 Å². The Morgan fingerprint density at radius 1 is 0.941 bits per heavy atom. The highest BCUT2D eigenvalue weighted by Gasteiger charge is 2.32. The van der Waals surface area contributed by atoms with Gasteiger partial charge in [-0.3, -0.25) is 14.4 Å². The first-order chi connectivity index (χ1) is 24.2. The van der Waals surface area contributed by atoms with E-state index in [0.29, 0.717) is 60.2 Å². The van der Waals surface area contributed by atoms with Crippen LogP contribution >= 0.6 is 11.6 Å². The van der Waals surface area contributed by atoms with E-state index in [2.05, 4.69) is 25.6 Å². The lowest BCUT2D eigenvalue weighted by atomic mass is 9.92. The van der Waals surface area contributed by atoms with Gasteiger partial charge < -0.3 is 34.6 Å². The number of amides is 3. The van der Waals surface area contributed by atoms with Gasteiger partial charge in [-0.05, 0) is 47.2 Å². The van der Waals surface area contributed by atoms with Crippen molar-refractivity contribution >= 4 is 35.3 Å². The molecule has 1 saturated heterocycles. The SMILES string of the molecule is CC1(C)CNC(=O)c2ccc(cc2)Cc2nc(nc(OCC(F)(F)F)n2)NCc2ccc(c(Cl)c2)OCCCN(C(=O)C(=O)N2CCOCC2)C1. The molecule has 6 bridgehead atoms. The number of nitrogens with zero attached hydrogens (tertiary/aromatic N) is 5. The molecule has 6 heterocycles. The topological polar surface area (TPSA) is 148 Å². The zero-order valence-corrected chi connectivity index (χ0v) is 29.0. The van der Waals surface area contributed by atoms with Crippen LogP contribution in [0.15, 0.2) is 42.5 Å². The van der Waals surface area contributed by atoms with E-state index in [1.165, 1.54) is 9.80 Å². The summed E-state index contributed by atoms with van der Waals surface area (Å²) in [5.74, 6) is -1.05. The predicted octanol–water partition coefficient (Wildman–Crippen LogP) is 3.89. The van der Waals surface area contributed by atoms with Crippen LogP contribution in [0.4, 0.5) is 19.1 Å². The number of carbonyl (C=O) groups is 3. The van der Waals surface area contributed by atoms with E-state index < -0.39 is 36.0 Å².